The van der Waals surface area contributed by atoms with Gasteiger partial charge in [-0.25, -0.2) is 4.98 Å². The maximum Gasteiger partial charge on any atom is 0.266 e. The zero-order chi connectivity index (χ0) is 21.1. The molecule has 0 spiro atoms. The van der Waals surface area contributed by atoms with E-state index in [1.54, 1.807) is 22.6 Å². The van der Waals surface area contributed by atoms with Gasteiger partial charge in [-0.15, -0.1) is 0 Å². The first-order chi connectivity index (χ1) is 13.9. The third-order valence-corrected chi connectivity index (χ3v) is 5.18. The van der Waals surface area contributed by atoms with Gasteiger partial charge in [0.1, 0.15) is 11.6 Å². The molecule has 3 aromatic rings. The predicted molar refractivity (Wildman–Crippen MR) is 115 cm³/mol. The van der Waals surface area contributed by atoms with Gasteiger partial charge in [-0.3, -0.25) is 14.2 Å². The summed E-state index contributed by atoms with van der Waals surface area (Å²) >= 11 is 0. The number of rotatable bonds is 6. The number of methoxy groups -OCH3 is 1. The number of amides is 1. The Hall–Kier alpha value is -3.15. The van der Waals surface area contributed by atoms with Crippen LogP contribution in [0, 0.1) is 6.92 Å². The van der Waals surface area contributed by atoms with Crippen LogP contribution in [0.5, 0.6) is 5.75 Å². The molecule has 1 amide bonds. The number of fused-ring (bicyclic) bond motifs is 1. The molecule has 1 unspecified atom stereocenters. The van der Waals surface area contributed by atoms with Crippen molar-refractivity contribution in [2.24, 2.45) is 0 Å². The molecule has 0 fully saturated rings. The molecule has 6 heteroatoms. The molecule has 2 aromatic carbocycles. The monoisotopic (exact) mass is 393 g/mol. The summed E-state index contributed by atoms with van der Waals surface area (Å²) in [6.45, 7) is 8.17. The van der Waals surface area contributed by atoms with Crippen LogP contribution in [0.15, 0.2) is 47.3 Å². The van der Waals surface area contributed by atoms with Crippen molar-refractivity contribution in [2.45, 2.75) is 40.2 Å². The molecule has 152 valence electrons. The summed E-state index contributed by atoms with van der Waals surface area (Å²) in [6, 6.07) is 12.6. The van der Waals surface area contributed by atoms with E-state index in [2.05, 4.69) is 0 Å². The largest absolute Gasteiger partial charge is 0.495 e. The molecule has 1 atom stereocenters. The number of hydrogen-bond acceptors (Lipinski definition) is 4. The molecule has 0 saturated heterocycles. The molecule has 29 heavy (non-hydrogen) atoms. The summed E-state index contributed by atoms with van der Waals surface area (Å²) in [5, 5.41) is 0.525. The first kappa shape index (κ1) is 20.6. The maximum absolute atomic E-state index is 13.5. The summed E-state index contributed by atoms with van der Waals surface area (Å²) in [4.78, 5) is 32.6. The molecule has 0 aliphatic carbocycles. The second-order valence-electron chi connectivity index (χ2n) is 7.01. The molecule has 0 radical (unpaired) electrons. The maximum atomic E-state index is 13.5. The number of para-hydroxylation sites is 1. The summed E-state index contributed by atoms with van der Waals surface area (Å²) < 4.78 is 7.13. The van der Waals surface area contributed by atoms with Gasteiger partial charge in [0, 0.05) is 13.0 Å². The van der Waals surface area contributed by atoms with Crippen molar-refractivity contribution in [3.63, 3.8) is 0 Å². The highest BCUT2D eigenvalue weighted by atomic mass is 16.5. The minimum absolute atomic E-state index is 0.0187. The number of carbonyl (C=O) groups excluding carboxylic acids is 1. The SMILES string of the molecule is CCC(=O)N(CC)C(C)c1nc2ccccc2c(=O)n1-c1cc(C)ccc1OC. The van der Waals surface area contributed by atoms with E-state index in [9.17, 15) is 9.59 Å². The van der Waals surface area contributed by atoms with Crippen molar-refractivity contribution in [1.29, 1.82) is 0 Å². The highest BCUT2D eigenvalue weighted by Crippen LogP contribution is 2.28. The third-order valence-electron chi connectivity index (χ3n) is 5.18. The van der Waals surface area contributed by atoms with E-state index >= 15 is 0 Å². The average molecular weight is 393 g/mol. The van der Waals surface area contributed by atoms with Crippen molar-refractivity contribution in [3.8, 4) is 11.4 Å². The Kier molecular flexibility index (Phi) is 6.01. The van der Waals surface area contributed by atoms with Crippen molar-refractivity contribution in [1.82, 2.24) is 14.5 Å². The van der Waals surface area contributed by atoms with Crippen LogP contribution < -0.4 is 10.3 Å². The van der Waals surface area contributed by atoms with Crippen LogP contribution in [0.1, 0.15) is 44.6 Å². The quantitative estimate of drug-likeness (QED) is 0.634. The lowest BCUT2D eigenvalue weighted by molar-refractivity contribution is -0.132. The lowest BCUT2D eigenvalue weighted by atomic mass is 10.1. The molecule has 0 saturated carbocycles. The fourth-order valence-corrected chi connectivity index (χ4v) is 3.65. The first-order valence-corrected chi connectivity index (χ1v) is 9.89. The zero-order valence-electron chi connectivity index (χ0n) is 17.6. The summed E-state index contributed by atoms with van der Waals surface area (Å²) in [6.07, 6.45) is 0.393. The fourth-order valence-electron chi connectivity index (χ4n) is 3.65. The van der Waals surface area contributed by atoms with Gasteiger partial charge in [0.2, 0.25) is 5.91 Å². The Bertz CT molecular complexity index is 1100. The standard InChI is InChI=1S/C23H27N3O3/c1-6-21(27)25(7-2)16(4)22-24-18-11-9-8-10-17(18)23(28)26(22)19-14-15(3)12-13-20(19)29-5/h8-14,16H,6-7H2,1-5H3. The van der Waals surface area contributed by atoms with E-state index in [-0.39, 0.29) is 17.5 Å². The Balaban J connectivity index is 2.38. The van der Waals surface area contributed by atoms with Crippen LogP contribution in [0.25, 0.3) is 16.6 Å². The molecular formula is C23H27N3O3. The summed E-state index contributed by atoms with van der Waals surface area (Å²) in [7, 11) is 1.58. The number of nitrogens with zero attached hydrogens (tertiary/aromatic N) is 3. The Morgan fingerprint density at radius 1 is 1.21 bits per heavy atom. The van der Waals surface area contributed by atoms with Crippen LogP contribution in [0.3, 0.4) is 0 Å². The first-order valence-electron chi connectivity index (χ1n) is 9.89. The molecule has 1 heterocycles. The number of hydrogen-bond donors (Lipinski definition) is 0. The minimum Gasteiger partial charge on any atom is -0.495 e. The van der Waals surface area contributed by atoms with Crippen molar-refractivity contribution >= 4 is 16.8 Å². The van der Waals surface area contributed by atoms with Gasteiger partial charge in [-0.1, -0.05) is 25.1 Å². The number of benzene rings is 2. The topological polar surface area (TPSA) is 64.4 Å². The van der Waals surface area contributed by atoms with Crippen molar-refractivity contribution < 1.29 is 9.53 Å². The number of aryl methyl sites for hydroxylation is 1. The van der Waals surface area contributed by atoms with Crippen molar-refractivity contribution in [2.75, 3.05) is 13.7 Å². The molecular weight excluding hydrogens is 366 g/mol. The lowest BCUT2D eigenvalue weighted by Gasteiger charge is -2.29. The molecule has 0 bridgehead atoms. The number of carbonyl (C=O) groups is 1. The number of aromatic nitrogens is 2. The second kappa shape index (κ2) is 8.47. The fraction of sp³-hybridized carbons (Fsp3) is 0.348. The van der Waals surface area contributed by atoms with E-state index < -0.39 is 0 Å². The molecule has 0 aliphatic heterocycles. The average Bonchev–Trinajstić information content (AvgIpc) is 2.73. The van der Waals surface area contributed by atoms with Crippen LogP contribution in [-0.4, -0.2) is 34.0 Å². The molecule has 6 nitrogen and oxygen atoms in total. The van der Waals surface area contributed by atoms with Crippen LogP contribution >= 0.6 is 0 Å². The third kappa shape index (κ3) is 3.75. The molecule has 1 aromatic heterocycles. The second-order valence-corrected chi connectivity index (χ2v) is 7.01. The van der Waals surface area contributed by atoms with E-state index in [0.717, 1.165) is 5.56 Å². The highest BCUT2D eigenvalue weighted by Gasteiger charge is 2.26. The van der Waals surface area contributed by atoms with E-state index in [1.807, 2.05) is 64.1 Å². The molecule has 0 N–H and O–H groups in total. The van der Waals surface area contributed by atoms with Gasteiger partial charge in [0.25, 0.3) is 5.56 Å². The van der Waals surface area contributed by atoms with E-state index in [1.165, 1.54) is 0 Å². The van der Waals surface area contributed by atoms with Crippen LogP contribution in [0.2, 0.25) is 0 Å². The molecule has 3 rings (SSSR count). The summed E-state index contributed by atoms with van der Waals surface area (Å²) in [5.74, 6) is 1.11. The smallest absolute Gasteiger partial charge is 0.266 e. The van der Waals surface area contributed by atoms with Crippen molar-refractivity contribution in [3.05, 3.63) is 64.2 Å². The normalized spacial score (nSPS) is 12.0. The lowest BCUT2D eigenvalue weighted by Crippen LogP contribution is -2.37. The predicted octanol–water partition coefficient (Wildman–Crippen LogP) is 4.02. The Morgan fingerprint density at radius 3 is 2.59 bits per heavy atom. The van der Waals surface area contributed by atoms with Gasteiger partial charge < -0.3 is 9.64 Å². The van der Waals surface area contributed by atoms with E-state index in [4.69, 9.17) is 9.72 Å². The summed E-state index contributed by atoms with van der Waals surface area (Å²) in [5.41, 5.74) is 2.05. The van der Waals surface area contributed by atoms with Crippen LogP contribution in [0.4, 0.5) is 0 Å². The van der Waals surface area contributed by atoms with Gasteiger partial charge in [0.15, 0.2) is 0 Å². The van der Waals surface area contributed by atoms with E-state index in [0.29, 0.717) is 41.1 Å². The van der Waals surface area contributed by atoms with Gasteiger partial charge in [0.05, 0.1) is 29.7 Å². The number of ether oxygens (including phenoxy) is 1. The van der Waals surface area contributed by atoms with Gasteiger partial charge in [-0.2, -0.15) is 0 Å². The minimum atomic E-state index is -0.380. The highest BCUT2D eigenvalue weighted by molar-refractivity contribution is 5.79. The van der Waals surface area contributed by atoms with Gasteiger partial charge in [-0.05, 0) is 50.6 Å². The molecule has 0 aliphatic rings. The Morgan fingerprint density at radius 2 is 1.93 bits per heavy atom. The van der Waals surface area contributed by atoms with Gasteiger partial charge >= 0.3 is 0 Å². The Labute approximate surface area is 170 Å². The van der Waals surface area contributed by atoms with Crippen LogP contribution in [-0.2, 0) is 4.79 Å². The zero-order valence-corrected chi connectivity index (χ0v) is 17.6.